The molecular weight excluding hydrogens is 393 g/mol. The van der Waals surface area contributed by atoms with Gasteiger partial charge in [0.2, 0.25) is 0 Å². The second-order valence-corrected chi connectivity index (χ2v) is 8.23. The Balaban J connectivity index is 1.81. The minimum atomic E-state index is -0.705. The van der Waals surface area contributed by atoms with Gasteiger partial charge < -0.3 is 15.4 Å². The lowest BCUT2D eigenvalue weighted by atomic mass is 9.97. The minimum absolute atomic E-state index is 0.0267. The lowest BCUT2D eigenvalue weighted by Crippen LogP contribution is -2.02. The molecule has 0 saturated heterocycles. The lowest BCUT2D eigenvalue weighted by molar-refractivity contribution is 0.317. The van der Waals surface area contributed by atoms with E-state index in [9.17, 15) is 19.8 Å². The van der Waals surface area contributed by atoms with Crippen molar-refractivity contribution in [1.29, 1.82) is 0 Å². The van der Waals surface area contributed by atoms with Crippen molar-refractivity contribution < 1.29 is 19.8 Å². The van der Waals surface area contributed by atoms with E-state index < -0.39 is 11.6 Å². The lowest BCUT2D eigenvalue weighted by Gasteiger charge is -2.10. The molecule has 0 spiro atoms. The number of nitrogens with zero attached hydrogens (tertiary/aromatic N) is 1. The van der Waals surface area contributed by atoms with E-state index in [-0.39, 0.29) is 5.75 Å². The van der Waals surface area contributed by atoms with E-state index in [0.717, 1.165) is 19.3 Å². The maximum Gasteiger partial charge on any atom is 0.165 e. The second-order valence-electron chi connectivity index (χ2n) is 8.23. The van der Waals surface area contributed by atoms with Crippen LogP contribution in [0.3, 0.4) is 0 Å². The molecule has 31 heavy (non-hydrogen) atoms. The number of rotatable bonds is 14. The predicted octanol–water partition coefficient (Wildman–Crippen LogP) is 7.78. The SMILES string of the molecule is CCCCCCCCCCCCC/C(=N\O)c1cc(-c2ccc(O)c(F)c2)ccc1O. The molecule has 0 aliphatic rings. The van der Waals surface area contributed by atoms with E-state index in [1.165, 1.54) is 69.6 Å². The van der Waals surface area contributed by atoms with Crippen molar-refractivity contribution in [3.8, 4) is 22.6 Å². The van der Waals surface area contributed by atoms with Crippen LogP contribution in [-0.2, 0) is 0 Å². The summed E-state index contributed by atoms with van der Waals surface area (Å²) in [5.41, 5.74) is 2.12. The van der Waals surface area contributed by atoms with Crippen LogP contribution in [0.4, 0.5) is 4.39 Å². The molecule has 3 N–H and O–H groups in total. The van der Waals surface area contributed by atoms with Crippen molar-refractivity contribution in [1.82, 2.24) is 0 Å². The fraction of sp³-hybridized carbons (Fsp3) is 0.500. The Morgan fingerprint density at radius 3 is 1.81 bits per heavy atom. The summed E-state index contributed by atoms with van der Waals surface area (Å²) in [6.45, 7) is 2.24. The van der Waals surface area contributed by atoms with Gasteiger partial charge in [0, 0.05) is 5.56 Å². The van der Waals surface area contributed by atoms with Crippen LogP contribution in [0.25, 0.3) is 11.1 Å². The summed E-state index contributed by atoms with van der Waals surface area (Å²) in [6, 6.07) is 9.01. The zero-order valence-electron chi connectivity index (χ0n) is 18.6. The summed E-state index contributed by atoms with van der Waals surface area (Å²) in [6.07, 6.45) is 14.2. The molecule has 0 aliphatic carbocycles. The Kier molecular flexibility index (Phi) is 10.9. The number of aromatic hydroxyl groups is 2. The predicted molar refractivity (Wildman–Crippen MR) is 125 cm³/mol. The van der Waals surface area contributed by atoms with Gasteiger partial charge in [-0.1, -0.05) is 88.4 Å². The average molecular weight is 430 g/mol. The molecule has 2 rings (SSSR count). The molecule has 0 saturated carbocycles. The van der Waals surface area contributed by atoms with Crippen LogP contribution in [0.15, 0.2) is 41.6 Å². The summed E-state index contributed by atoms with van der Waals surface area (Å²) in [4.78, 5) is 0. The third kappa shape index (κ3) is 8.23. The Morgan fingerprint density at radius 2 is 1.26 bits per heavy atom. The van der Waals surface area contributed by atoms with Crippen LogP contribution in [-0.4, -0.2) is 21.1 Å². The van der Waals surface area contributed by atoms with E-state index in [1.54, 1.807) is 18.2 Å². The molecule has 2 aromatic carbocycles. The fourth-order valence-corrected chi connectivity index (χ4v) is 3.83. The highest BCUT2D eigenvalue weighted by atomic mass is 19.1. The third-order valence-electron chi connectivity index (χ3n) is 5.73. The summed E-state index contributed by atoms with van der Waals surface area (Å²) < 4.78 is 13.7. The van der Waals surface area contributed by atoms with Crippen LogP contribution in [0.5, 0.6) is 11.5 Å². The number of phenolic OH excluding ortho intramolecular Hbond substituents is 2. The van der Waals surface area contributed by atoms with Crippen molar-refractivity contribution in [3.05, 3.63) is 47.8 Å². The largest absolute Gasteiger partial charge is 0.507 e. The standard InChI is InChI=1S/C26H36FNO3/c1-2-3-4-5-6-7-8-9-10-11-12-13-24(28-31)22-18-20(14-16-25(22)29)21-15-17-26(30)23(27)19-21/h14-19,29-31H,2-13H2,1H3/b28-24+. The van der Waals surface area contributed by atoms with Gasteiger partial charge in [0.15, 0.2) is 11.6 Å². The quantitative estimate of drug-likeness (QED) is 0.124. The van der Waals surface area contributed by atoms with Gasteiger partial charge in [-0.25, -0.2) is 4.39 Å². The molecule has 0 radical (unpaired) electrons. The van der Waals surface area contributed by atoms with Gasteiger partial charge >= 0.3 is 0 Å². The normalized spacial score (nSPS) is 11.7. The molecular formula is C26H36FNO3. The monoisotopic (exact) mass is 429 g/mol. The highest BCUT2D eigenvalue weighted by molar-refractivity contribution is 6.03. The number of hydrogen-bond acceptors (Lipinski definition) is 4. The van der Waals surface area contributed by atoms with Gasteiger partial charge in [0.05, 0.1) is 5.71 Å². The average Bonchev–Trinajstić information content (AvgIpc) is 2.77. The molecule has 0 fully saturated rings. The molecule has 0 amide bonds. The van der Waals surface area contributed by atoms with Gasteiger partial charge in [-0.3, -0.25) is 0 Å². The van der Waals surface area contributed by atoms with Gasteiger partial charge in [-0.15, -0.1) is 0 Å². The van der Waals surface area contributed by atoms with Gasteiger partial charge in [0.25, 0.3) is 0 Å². The first-order chi connectivity index (χ1) is 15.1. The zero-order valence-corrected chi connectivity index (χ0v) is 18.6. The number of hydrogen-bond donors (Lipinski definition) is 3. The molecule has 0 atom stereocenters. The number of phenols is 2. The first-order valence-corrected chi connectivity index (χ1v) is 11.6. The fourth-order valence-electron chi connectivity index (χ4n) is 3.83. The van der Waals surface area contributed by atoms with E-state index in [4.69, 9.17) is 0 Å². The summed E-state index contributed by atoms with van der Waals surface area (Å²) in [5, 5.41) is 32.5. The molecule has 0 heterocycles. The summed E-state index contributed by atoms with van der Waals surface area (Å²) >= 11 is 0. The number of oxime groups is 1. The van der Waals surface area contributed by atoms with E-state index >= 15 is 0 Å². The van der Waals surface area contributed by atoms with Gasteiger partial charge in [-0.2, -0.15) is 0 Å². The second kappa shape index (κ2) is 13.7. The summed E-state index contributed by atoms with van der Waals surface area (Å²) in [7, 11) is 0. The van der Waals surface area contributed by atoms with E-state index in [1.807, 2.05) is 0 Å². The number of benzene rings is 2. The van der Waals surface area contributed by atoms with Crippen LogP contribution < -0.4 is 0 Å². The molecule has 0 aliphatic heterocycles. The van der Waals surface area contributed by atoms with Crippen LogP contribution in [0, 0.1) is 5.82 Å². The van der Waals surface area contributed by atoms with Crippen molar-refractivity contribution >= 4 is 5.71 Å². The van der Waals surface area contributed by atoms with Crippen LogP contribution in [0.1, 0.15) is 89.5 Å². The molecule has 5 heteroatoms. The van der Waals surface area contributed by atoms with E-state index in [0.29, 0.717) is 28.8 Å². The Morgan fingerprint density at radius 1 is 0.742 bits per heavy atom. The molecule has 0 unspecified atom stereocenters. The smallest absolute Gasteiger partial charge is 0.165 e. The highest BCUT2D eigenvalue weighted by Crippen LogP contribution is 2.30. The third-order valence-corrected chi connectivity index (χ3v) is 5.73. The molecule has 0 bridgehead atoms. The number of unbranched alkanes of at least 4 members (excludes halogenated alkanes) is 10. The summed E-state index contributed by atoms with van der Waals surface area (Å²) in [5.74, 6) is -1.08. The zero-order chi connectivity index (χ0) is 22.5. The Hall–Kier alpha value is -2.56. The van der Waals surface area contributed by atoms with E-state index in [2.05, 4.69) is 12.1 Å². The topological polar surface area (TPSA) is 73.1 Å². The van der Waals surface area contributed by atoms with Gasteiger partial charge in [-0.05, 0) is 48.2 Å². The van der Waals surface area contributed by atoms with Crippen LogP contribution >= 0.6 is 0 Å². The molecule has 4 nitrogen and oxygen atoms in total. The van der Waals surface area contributed by atoms with Crippen molar-refractivity contribution in [2.24, 2.45) is 5.16 Å². The molecule has 2 aromatic rings. The molecule has 170 valence electrons. The Labute approximate surface area is 185 Å². The highest BCUT2D eigenvalue weighted by Gasteiger charge is 2.13. The number of halogens is 1. The minimum Gasteiger partial charge on any atom is -0.507 e. The van der Waals surface area contributed by atoms with Crippen LogP contribution in [0.2, 0.25) is 0 Å². The molecule has 0 aromatic heterocycles. The first-order valence-electron chi connectivity index (χ1n) is 11.6. The van der Waals surface area contributed by atoms with Gasteiger partial charge in [0.1, 0.15) is 5.75 Å². The Bertz CT molecular complexity index is 835. The maximum atomic E-state index is 13.7. The first kappa shape index (κ1) is 24.7. The van der Waals surface area contributed by atoms with Crippen molar-refractivity contribution in [2.45, 2.75) is 84.0 Å². The van der Waals surface area contributed by atoms with Crippen molar-refractivity contribution in [2.75, 3.05) is 0 Å². The van der Waals surface area contributed by atoms with Crippen molar-refractivity contribution in [3.63, 3.8) is 0 Å². The maximum absolute atomic E-state index is 13.7.